The molecule has 0 spiro atoms. The highest BCUT2D eigenvalue weighted by molar-refractivity contribution is 6.07. The molecule has 2 heterocycles. The van der Waals surface area contributed by atoms with Gasteiger partial charge < -0.3 is 24.0 Å². The van der Waals surface area contributed by atoms with E-state index < -0.39 is 11.4 Å². The number of ether oxygens (including phenoxy) is 3. The second-order valence-electron chi connectivity index (χ2n) is 11.3. The molecule has 0 amide bonds. The molecule has 0 bridgehead atoms. The number of ketones is 1. The number of benzene rings is 2. The summed E-state index contributed by atoms with van der Waals surface area (Å²) in [4.78, 5) is 17.7. The number of carbonyl (C=O) groups excluding carboxylic acids is 1. The van der Waals surface area contributed by atoms with E-state index in [1.165, 1.54) is 0 Å². The Morgan fingerprint density at radius 2 is 1.82 bits per heavy atom. The number of nitrogens with one attached hydrogen (secondary N) is 1. The van der Waals surface area contributed by atoms with Crippen LogP contribution in [-0.4, -0.2) is 56.0 Å². The number of rotatable bonds is 8. The van der Waals surface area contributed by atoms with Gasteiger partial charge in [-0.3, -0.25) is 10.2 Å². The molecule has 38 heavy (non-hydrogen) atoms. The number of hydrogen-bond donors (Lipinski definition) is 1. The molecular formula is C30H40FN3O4. The van der Waals surface area contributed by atoms with E-state index >= 15 is 4.39 Å². The maximum Gasteiger partial charge on any atom is 0.197 e. The van der Waals surface area contributed by atoms with Crippen molar-refractivity contribution in [3.05, 3.63) is 46.3 Å². The number of nitrogens with zero attached hydrogens (tertiary/aromatic N) is 2. The molecular weight excluding hydrogens is 485 g/mol. The third-order valence-electron chi connectivity index (χ3n) is 7.45. The van der Waals surface area contributed by atoms with Crippen LogP contribution in [0.4, 0.5) is 10.1 Å². The van der Waals surface area contributed by atoms with Crippen LogP contribution in [-0.2, 0) is 11.0 Å². The highest BCUT2D eigenvalue weighted by Crippen LogP contribution is 2.47. The van der Waals surface area contributed by atoms with Crippen molar-refractivity contribution in [2.45, 2.75) is 66.3 Å². The van der Waals surface area contributed by atoms with Gasteiger partial charge in [-0.25, -0.2) is 4.39 Å². The fourth-order valence-electron chi connectivity index (χ4n) is 5.36. The van der Waals surface area contributed by atoms with Gasteiger partial charge in [0.2, 0.25) is 0 Å². The Morgan fingerprint density at radius 3 is 2.42 bits per heavy atom. The molecule has 2 aliphatic rings. The predicted molar refractivity (Wildman–Crippen MR) is 148 cm³/mol. The largest absolute Gasteiger partial charge is 0.490 e. The summed E-state index contributed by atoms with van der Waals surface area (Å²) >= 11 is 0. The molecule has 1 N–H and O–H groups in total. The van der Waals surface area contributed by atoms with Crippen LogP contribution >= 0.6 is 0 Å². The van der Waals surface area contributed by atoms with E-state index in [1.54, 1.807) is 17.9 Å². The normalized spacial score (nSPS) is 16.2. The summed E-state index contributed by atoms with van der Waals surface area (Å²) in [5, 5.41) is 8.91. The molecule has 0 unspecified atom stereocenters. The molecule has 7 nitrogen and oxygen atoms in total. The summed E-state index contributed by atoms with van der Waals surface area (Å²) in [6, 6.07) is 5.57. The quantitative estimate of drug-likeness (QED) is 0.433. The number of halogens is 1. The van der Waals surface area contributed by atoms with E-state index in [4.69, 9.17) is 19.6 Å². The molecule has 8 heteroatoms. The van der Waals surface area contributed by atoms with Crippen molar-refractivity contribution >= 4 is 17.3 Å². The van der Waals surface area contributed by atoms with Crippen molar-refractivity contribution in [3.63, 3.8) is 0 Å². The van der Waals surface area contributed by atoms with Gasteiger partial charge in [-0.2, -0.15) is 0 Å². The standard InChI is InChI=1S/C30H40FN3O4/c1-9-33-12-13-38-26-20(29(4,5)6)14-18(15-21(26)33)22(35)17-34-28(32)24-19(30(34,7)8)16-23(36-10-2)27(25(24)31)37-11-3/h14-16,32H,9-13,17H2,1-8H3. The van der Waals surface area contributed by atoms with Gasteiger partial charge in [0.15, 0.2) is 23.1 Å². The number of anilines is 1. The van der Waals surface area contributed by atoms with E-state index in [9.17, 15) is 4.79 Å². The van der Waals surface area contributed by atoms with E-state index in [2.05, 4.69) is 32.6 Å². The van der Waals surface area contributed by atoms with Gasteiger partial charge in [-0.1, -0.05) is 20.8 Å². The van der Waals surface area contributed by atoms with Gasteiger partial charge in [0, 0.05) is 17.7 Å². The lowest BCUT2D eigenvalue weighted by molar-refractivity contribution is 0.0920. The Bertz CT molecular complexity index is 1270. The van der Waals surface area contributed by atoms with E-state index in [-0.39, 0.29) is 41.5 Å². The molecule has 2 aliphatic heterocycles. The van der Waals surface area contributed by atoms with Crippen molar-refractivity contribution in [3.8, 4) is 17.2 Å². The van der Waals surface area contributed by atoms with E-state index in [1.807, 2.05) is 32.9 Å². The third kappa shape index (κ3) is 4.58. The highest BCUT2D eigenvalue weighted by atomic mass is 19.1. The first-order chi connectivity index (χ1) is 17.9. The first-order valence-corrected chi connectivity index (χ1v) is 13.4. The highest BCUT2D eigenvalue weighted by Gasteiger charge is 2.45. The second kappa shape index (κ2) is 10.1. The summed E-state index contributed by atoms with van der Waals surface area (Å²) in [5.41, 5.74) is 2.17. The topological polar surface area (TPSA) is 75.1 Å². The zero-order valence-electron chi connectivity index (χ0n) is 23.9. The lowest BCUT2D eigenvalue weighted by atomic mass is 9.84. The van der Waals surface area contributed by atoms with Crippen molar-refractivity contribution < 1.29 is 23.4 Å². The third-order valence-corrected chi connectivity index (χ3v) is 7.45. The van der Waals surface area contributed by atoms with Gasteiger partial charge in [0.05, 0.1) is 43.1 Å². The summed E-state index contributed by atoms with van der Waals surface area (Å²) < 4.78 is 33.1. The summed E-state index contributed by atoms with van der Waals surface area (Å²) in [7, 11) is 0. The minimum absolute atomic E-state index is 0.00555. The molecule has 0 atom stereocenters. The molecule has 2 aromatic carbocycles. The van der Waals surface area contributed by atoms with Crippen LogP contribution in [0.3, 0.4) is 0 Å². The van der Waals surface area contributed by atoms with Crippen LogP contribution < -0.4 is 19.1 Å². The van der Waals surface area contributed by atoms with Crippen LogP contribution in [0, 0.1) is 11.2 Å². The zero-order chi connectivity index (χ0) is 28.0. The number of amidine groups is 1. The Kier molecular flexibility index (Phi) is 7.38. The SMILES string of the molecule is CCOc1cc2c(c(F)c1OCC)C(=N)N(CC(=O)c1cc3c(c(C(C)(C)C)c1)OCCN3CC)C2(C)C. The predicted octanol–water partition coefficient (Wildman–Crippen LogP) is 5.90. The molecule has 206 valence electrons. The number of carbonyl (C=O) groups is 1. The first-order valence-electron chi connectivity index (χ1n) is 13.4. The van der Waals surface area contributed by atoms with Crippen molar-refractivity contribution in [1.29, 1.82) is 5.41 Å². The van der Waals surface area contributed by atoms with Crippen molar-refractivity contribution in [2.75, 3.05) is 44.4 Å². The zero-order valence-corrected chi connectivity index (χ0v) is 23.9. The monoisotopic (exact) mass is 525 g/mol. The molecule has 0 saturated carbocycles. The summed E-state index contributed by atoms with van der Waals surface area (Å²) in [6.45, 7) is 18.5. The van der Waals surface area contributed by atoms with E-state index in [0.717, 1.165) is 30.1 Å². The molecule has 0 saturated heterocycles. The Hall–Kier alpha value is -3.29. The van der Waals surface area contributed by atoms with Crippen LogP contribution in [0.5, 0.6) is 17.2 Å². The molecule has 4 rings (SSSR count). The van der Waals surface area contributed by atoms with Crippen LogP contribution in [0.25, 0.3) is 0 Å². The number of hydrogen-bond acceptors (Lipinski definition) is 6. The van der Waals surface area contributed by atoms with Crippen LogP contribution in [0.1, 0.15) is 82.4 Å². The van der Waals surface area contributed by atoms with Crippen molar-refractivity contribution in [1.82, 2.24) is 4.90 Å². The lowest BCUT2D eigenvalue weighted by Gasteiger charge is -2.36. The molecule has 0 aromatic heterocycles. The van der Waals surface area contributed by atoms with E-state index in [0.29, 0.717) is 30.1 Å². The second-order valence-corrected chi connectivity index (χ2v) is 11.3. The minimum Gasteiger partial charge on any atom is -0.490 e. The molecule has 0 radical (unpaired) electrons. The average molecular weight is 526 g/mol. The van der Waals surface area contributed by atoms with Crippen LogP contribution in [0.15, 0.2) is 18.2 Å². The number of likely N-dealkylation sites (N-methyl/N-ethyl adjacent to an activating group) is 1. The van der Waals surface area contributed by atoms with Gasteiger partial charge >= 0.3 is 0 Å². The van der Waals surface area contributed by atoms with Gasteiger partial charge in [0.25, 0.3) is 0 Å². The van der Waals surface area contributed by atoms with Gasteiger partial charge in [-0.15, -0.1) is 0 Å². The minimum atomic E-state index is -0.806. The summed E-state index contributed by atoms with van der Waals surface area (Å²) in [6.07, 6.45) is 0. The Balaban J connectivity index is 1.75. The number of fused-ring (bicyclic) bond motifs is 2. The maximum absolute atomic E-state index is 15.7. The smallest absolute Gasteiger partial charge is 0.197 e. The Labute approximate surface area is 225 Å². The van der Waals surface area contributed by atoms with Gasteiger partial charge in [0.1, 0.15) is 18.2 Å². The lowest BCUT2D eigenvalue weighted by Crippen LogP contribution is -2.42. The fourth-order valence-corrected chi connectivity index (χ4v) is 5.36. The Morgan fingerprint density at radius 1 is 1.13 bits per heavy atom. The van der Waals surface area contributed by atoms with Gasteiger partial charge in [-0.05, 0) is 63.8 Å². The summed E-state index contributed by atoms with van der Waals surface area (Å²) in [5.74, 6) is 0.348. The fraction of sp³-hybridized carbons (Fsp3) is 0.533. The maximum atomic E-state index is 15.7. The first kappa shape index (κ1) is 27.7. The molecule has 0 aliphatic carbocycles. The van der Waals surface area contributed by atoms with Crippen LogP contribution in [0.2, 0.25) is 0 Å². The molecule has 0 fully saturated rings. The molecule has 2 aromatic rings. The number of Topliss-reactive ketones (excluding diaryl/α,β-unsaturated/α-hetero) is 1. The van der Waals surface area contributed by atoms with Crippen molar-refractivity contribution in [2.24, 2.45) is 0 Å². The average Bonchev–Trinajstić information content (AvgIpc) is 3.04.